The number of hydrogen-bond donors (Lipinski definition) is 1. The minimum absolute atomic E-state index is 0.0254. The summed E-state index contributed by atoms with van der Waals surface area (Å²) in [5, 5.41) is 3.04. The molecule has 1 amide bonds. The van der Waals surface area contributed by atoms with Crippen LogP contribution in [0.3, 0.4) is 0 Å². The zero-order chi connectivity index (χ0) is 20.1. The van der Waals surface area contributed by atoms with Gasteiger partial charge in [0.2, 0.25) is 5.91 Å². The molecule has 0 bridgehead atoms. The van der Waals surface area contributed by atoms with Gasteiger partial charge in [0.15, 0.2) is 0 Å². The van der Waals surface area contributed by atoms with Gasteiger partial charge in [-0.05, 0) is 36.2 Å². The second-order valence-corrected chi connectivity index (χ2v) is 7.16. The van der Waals surface area contributed by atoms with E-state index in [-0.39, 0.29) is 11.8 Å². The van der Waals surface area contributed by atoms with Crippen LogP contribution in [0.25, 0.3) is 5.65 Å². The summed E-state index contributed by atoms with van der Waals surface area (Å²) in [4.78, 5) is 21.7. The second-order valence-electron chi connectivity index (χ2n) is 7.16. The Morgan fingerprint density at radius 3 is 2.66 bits per heavy atom. The van der Waals surface area contributed by atoms with E-state index in [1.54, 1.807) is 6.20 Å². The number of nitrogens with one attached hydrogen (secondary N) is 1. The number of carbonyl (C=O) groups is 1. The molecule has 3 aromatic heterocycles. The normalized spacial score (nSPS) is 12.0. The highest BCUT2D eigenvalue weighted by atomic mass is 16.1. The van der Waals surface area contributed by atoms with Crippen LogP contribution in [0, 0.1) is 6.92 Å². The number of imidazole rings is 1. The summed E-state index contributed by atoms with van der Waals surface area (Å²) in [7, 11) is 0. The lowest BCUT2D eigenvalue weighted by Crippen LogP contribution is -2.27. The Morgan fingerprint density at radius 1 is 1.03 bits per heavy atom. The lowest BCUT2D eigenvalue weighted by Gasteiger charge is -2.17. The predicted octanol–water partition coefficient (Wildman–Crippen LogP) is 3.92. The number of nitrogens with zero attached hydrogens (tertiary/aromatic N) is 3. The van der Waals surface area contributed by atoms with Crippen molar-refractivity contribution in [1.29, 1.82) is 0 Å². The number of amides is 1. The summed E-state index contributed by atoms with van der Waals surface area (Å²) in [6.07, 6.45) is 6.77. The lowest BCUT2D eigenvalue weighted by molar-refractivity contribution is -0.121. The van der Waals surface area contributed by atoms with E-state index in [0.717, 1.165) is 34.6 Å². The number of aromatic nitrogens is 3. The number of benzene rings is 1. The van der Waals surface area contributed by atoms with E-state index in [4.69, 9.17) is 0 Å². The van der Waals surface area contributed by atoms with Crippen LogP contribution in [-0.4, -0.2) is 26.8 Å². The number of aryl methyl sites for hydroxylation is 1. The molecular weight excluding hydrogens is 360 g/mol. The maximum absolute atomic E-state index is 12.8. The van der Waals surface area contributed by atoms with Crippen molar-refractivity contribution in [2.45, 2.75) is 25.7 Å². The third-order valence-electron chi connectivity index (χ3n) is 5.14. The Morgan fingerprint density at radius 2 is 1.86 bits per heavy atom. The monoisotopic (exact) mass is 384 g/mol. The van der Waals surface area contributed by atoms with E-state index < -0.39 is 0 Å². The molecular formula is C24H24N4O. The smallest absolute Gasteiger partial charge is 0.221 e. The van der Waals surface area contributed by atoms with E-state index in [9.17, 15) is 4.79 Å². The first-order valence-corrected chi connectivity index (χ1v) is 9.86. The van der Waals surface area contributed by atoms with Gasteiger partial charge in [-0.3, -0.25) is 9.78 Å². The van der Waals surface area contributed by atoms with Gasteiger partial charge in [0.25, 0.3) is 0 Å². The van der Waals surface area contributed by atoms with Gasteiger partial charge in [0.05, 0.1) is 5.69 Å². The van der Waals surface area contributed by atoms with E-state index in [1.165, 1.54) is 0 Å². The molecule has 5 nitrogen and oxygen atoms in total. The van der Waals surface area contributed by atoms with Crippen LogP contribution in [0.4, 0.5) is 0 Å². The average molecular weight is 384 g/mol. The number of carbonyl (C=O) groups excluding carboxylic acids is 1. The minimum Gasteiger partial charge on any atom is -0.356 e. The third-order valence-corrected chi connectivity index (χ3v) is 5.14. The predicted molar refractivity (Wildman–Crippen MR) is 114 cm³/mol. The van der Waals surface area contributed by atoms with E-state index in [0.29, 0.717) is 13.0 Å². The molecule has 4 aromatic rings. The molecule has 1 aromatic carbocycles. The largest absolute Gasteiger partial charge is 0.356 e. The number of pyridine rings is 2. The van der Waals surface area contributed by atoms with Crippen LogP contribution >= 0.6 is 0 Å². The maximum Gasteiger partial charge on any atom is 0.221 e. The Kier molecular flexibility index (Phi) is 5.66. The van der Waals surface area contributed by atoms with Gasteiger partial charge in [-0.15, -0.1) is 0 Å². The highest BCUT2D eigenvalue weighted by molar-refractivity contribution is 5.77. The fourth-order valence-electron chi connectivity index (χ4n) is 3.64. The summed E-state index contributed by atoms with van der Waals surface area (Å²) in [5.74, 6) is -0.0414. The quantitative estimate of drug-likeness (QED) is 0.525. The second kappa shape index (κ2) is 8.69. The van der Waals surface area contributed by atoms with Crippen molar-refractivity contribution in [1.82, 2.24) is 19.7 Å². The van der Waals surface area contributed by atoms with Gasteiger partial charge < -0.3 is 9.72 Å². The van der Waals surface area contributed by atoms with Crippen molar-refractivity contribution in [3.63, 3.8) is 0 Å². The van der Waals surface area contributed by atoms with Gasteiger partial charge in [-0.25, -0.2) is 4.98 Å². The fraction of sp³-hybridized carbons (Fsp3) is 0.208. The summed E-state index contributed by atoms with van der Waals surface area (Å²) < 4.78 is 2.09. The molecule has 29 heavy (non-hydrogen) atoms. The summed E-state index contributed by atoms with van der Waals surface area (Å²) in [6, 6.07) is 20.0. The van der Waals surface area contributed by atoms with Crippen LogP contribution in [-0.2, 0) is 11.2 Å². The first-order chi connectivity index (χ1) is 14.2. The molecule has 1 atom stereocenters. The molecule has 0 spiro atoms. The Bertz CT molecular complexity index is 1090. The summed E-state index contributed by atoms with van der Waals surface area (Å²) >= 11 is 0. The molecule has 0 saturated carbocycles. The lowest BCUT2D eigenvalue weighted by atomic mass is 9.92. The number of fused-ring (bicyclic) bond motifs is 1. The number of hydrogen-bond acceptors (Lipinski definition) is 3. The zero-order valence-corrected chi connectivity index (χ0v) is 16.5. The van der Waals surface area contributed by atoms with Crippen molar-refractivity contribution in [2.24, 2.45) is 0 Å². The van der Waals surface area contributed by atoms with Crippen molar-refractivity contribution >= 4 is 11.6 Å². The van der Waals surface area contributed by atoms with Crippen LogP contribution in [0.2, 0.25) is 0 Å². The van der Waals surface area contributed by atoms with E-state index in [1.807, 2.05) is 67.8 Å². The van der Waals surface area contributed by atoms with E-state index >= 15 is 0 Å². The van der Waals surface area contributed by atoms with Crippen molar-refractivity contribution in [3.05, 3.63) is 102 Å². The SMILES string of the molecule is Cc1cccn2c(C(CC(=O)NCCc3ccccn3)c3ccccc3)cnc12. The first-order valence-electron chi connectivity index (χ1n) is 9.86. The Labute approximate surface area is 170 Å². The Balaban J connectivity index is 1.53. The Hall–Kier alpha value is -3.47. The molecule has 1 unspecified atom stereocenters. The molecule has 4 rings (SSSR count). The van der Waals surface area contributed by atoms with Gasteiger partial charge in [-0.1, -0.05) is 42.5 Å². The van der Waals surface area contributed by atoms with Gasteiger partial charge in [0, 0.05) is 49.6 Å². The molecule has 0 aliphatic rings. The van der Waals surface area contributed by atoms with Crippen LogP contribution in [0.5, 0.6) is 0 Å². The van der Waals surface area contributed by atoms with E-state index in [2.05, 4.69) is 31.8 Å². The average Bonchev–Trinajstić information content (AvgIpc) is 3.19. The van der Waals surface area contributed by atoms with Crippen molar-refractivity contribution < 1.29 is 4.79 Å². The maximum atomic E-state index is 12.8. The molecule has 0 fully saturated rings. The minimum atomic E-state index is -0.0668. The standard InChI is InChI=1S/C24H24N4O/c1-18-8-7-15-28-22(17-27-24(18)28)21(19-9-3-2-4-10-19)16-23(29)26-14-12-20-11-5-6-13-25-20/h2-11,13,15,17,21H,12,14,16H2,1H3,(H,26,29). The highest BCUT2D eigenvalue weighted by Gasteiger charge is 2.22. The highest BCUT2D eigenvalue weighted by Crippen LogP contribution is 2.29. The fourth-order valence-corrected chi connectivity index (χ4v) is 3.64. The summed E-state index contributed by atoms with van der Waals surface area (Å²) in [5.41, 5.74) is 5.15. The molecule has 0 radical (unpaired) electrons. The molecule has 0 saturated heterocycles. The molecule has 0 aliphatic heterocycles. The molecule has 0 aliphatic carbocycles. The van der Waals surface area contributed by atoms with Crippen LogP contribution < -0.4 is 5.32 Å². The third kappa shape index (κ3) is 4.35. The topological polar surface area (TPSA) is 59.3 Å². The van der Waals surface area contributed by atoms with Gasteiger partial charge in [0.1, 0.15) is 5.65 Å². The molecule has 5 heteroatoms. The molecule has 3 heterocycles. The van der Waals surface area contributed by atoms with Crippen LogP contribution in [0.1, 0.15) is 34.9 Å². The number of rotatable bonds is 7. The van der Waals surface area contributed by atoms with Crippen molar-refractivity contribution in [2.75, 3.05) is 6.54 Å². The van der Waals surface area contributed by atoms with Gasteiger partial charge in [-0.2, -0.15) is 0 Å². The van der Waals surface area contributed by atoms with Gasteiger partial charge >= 0.3 is 0 Å². The molecule has 1 N–H and O–H groups in total. The van der Waals surface area contributed by atoms with Crippen LogP contribution in [0.15, 0.2) is 79.3 Å². The first kappa shape index (κ1) is 18.9. The molecule has 146 valence electrons. The zero-order valence-electron chi connectivity index (χ0n) is 16.5. The summed E-state index contributed by atoms with van der Waals surface area (Å²) in [6.45, 7) is 2.62. The van der Waals surface area contributed by atoms with Crippen molar-refractivity contribution in [3.8, 4) is 0 Å².